The standard InChI is InChI=1S/C43H37N2S/c1-6-43(7-2)26(3)29-17-15-27(23-34(29)39-14-10-11-21-45(39)43)40-19-20-41(46-40)28-16-18-37-32(22-28)33-24-31-30-12-8-9-13-35(30)42(4,5)36(31)25-38(33)44-37/h8-25,44H,3,6-7H2,1-2,4-5H3/q+1. The second-order valence-electron chi connectivity index (χ2n) is 13.6. The topological polar surface area (TPSA) is 19.7 Å². The molecule has 0 bridgehead atoms. The van der Waals surface area contributed by atoms with Crippen molar-refractivity contribution in [1.29, 1.82) is 0 Å². The molecule has 3 heteroatoms. The van der Waals surface area contributed by atoms with E-state index in [0.29, 0.717) is 0 Å². The summed E-state index contributed by atoms with van der Waals surface area (Å²) in [5, 5.41) is 2.57. The van der Waals surface area contributed by atoms with Crippen LogP contribution in [0.4, 0.5) is 0 Å². The normalized spacial score (nSPS) is 15.5. The molecule has 0 unspecified atom stereocenters. The molecule has 224 valence electrons. The lowest BCUT2D eigenvalue weighted by molar-refractivity contribution is -0.741. The SMILES string of the molecule is C=C1c2ccc(-c3ccc(-c4ccc5[nH]c6cc7c(cc6c5c4)-c4ccccc4C7(C)C)s3)cc2-c2cccc[n+]2C1(CC)CC. The van der Waals surface area contributed by atoms with Crippen LogP contribution >= 0.6 is 11.3 Å². The summed E-state index contributed by atoms with van der Waals surface area (Å²) in [5.74, 6) is 0. The molecule has 1 aliphatic carbocycles. The van der Waals surface area contributed by atoms with Gasteiger partial charge in [-0.1, -0.05) is 76.7 Å². The Hall–Kier alpha value is -4.73. The maximum absolute atomic E-state index is 4.65. The predicted molar refractivity (Wildman–Crippen MR) is 195 cm³/mol. The Balaban J connectivity index is 1.12. The highest BCUT2D eigenvalue weighted by Crippen LogP contribution is 2.51. The van der Waals surface area contributed by atoms with Crippen LogP contribution in [0.3, 0.4) is 0 Å². The first-order chi connectivity index (χ1) is 22.3. The Labute approximate surface area is 274 Å². The number of aromatic nitrogens is 2. The fourth-order valence-electron chi connectivity index (χ4n) is 8.52. The molecule has 2 nitrogen and oxygen atoms in total. The third-order valence-corrected chi connectivity index (χ3v) is 12.3. The molecule has 2 aliphatic rings. The Bertz CT molecular complexity index is 2390. The molecule has 0 saturated carbocycles. The minimum atomic E-state index is -0.0814. The van der Waals surface area contributed by atoms with Crippen LogP contribution in [-0.4, -0.2) is 4.98 Å². The number of nitrogens with one attached hydrogen (secondary N) is 1. The minimum Gasteiger partial charge on any atom is -0.355 e. The summed E-state index contributed by atoms with van der Waals surface area (Å²) in [6.45, 7) is 13.9. The van der Waals surface area contributed by atoms with E-state index < -0.39 is 0 Å². The average molecular weight is 614 g/mol. The highest BCUT2D eigenvalue weighted by Gasteiger charge is 2.46. The number of thiophene rings is 1. The smallest absolute Gasteiger partial charge is 0.213 e. The van der Waals surface area contributed by atoms with Crippen LogP contribution in [0.1, 0.15) is 57.2 Å². The van der Waals surface area contributed by atoms with Crippen LogP contribution < -0.4 is 4.57 Å². The number of pyridine rings is 1. The monoisotopic (exact) mass is 613 g/mol. The second-order valence-corrected chi connectivity index (χ2v) is 14.7. The van der Waals surface area contributed by atoms with Crippen molar-refractivity contribution in [2.24, 2.45) is 0 Å². The molecule has 0 amide bonds. The largest absolute Gasteiger partial charge is 0.355 e. The van der Waals surface area contributed by atoms with Gasteiger partial charge in [0.25, 0.3) is 0 Å². The van der Waals surface area contributed by atoms with Gasteiger partial charge in [0.05, 0.1) is 5.56 Å². The number of benzene rings is 4. The first-order valence-corrected chi connectivity index (χ1v) is 17.3. The van der Waals surface area contributed by atoms with E-state index in [1.165, 1.54) is 87.3 Å². The van der Waals surface area contributed by atoms with Crippen molar-refractivity contribution in [3.05, 3.63) is 133 Å². The van der Waals surface area contributed by atoms with Gasteiger partial charge >= 0.3 is 0 Å². The second kappa shape index (κ2) is 9.64. The molecule has 7 aromatic rings. The summed E-state index contributed by atoms with van der Waals surface area (Å²) < 4.78 is 2.46. The summed E-state index contributed by atoms with van der Waals surface area (Å²) in [4.78, 5) is 6.30. The van der Waals surface area contributed by atoms with E-state index in [-0.39, 0.29) is 11.0 Å². The van der Waals surface area contributed by atoms with Crippen molar-refractivity contribution in [3.8, 4) is 43.3 Å². The van der Waals surface area contributed by atoms with Gasteiger partial charge in [0.1, 0.15) is 0 Å². The fourth-order valence-corrected chi connectivity index (χ4v) is 9.52. The molecule has 3 aromatic heterocycles. The van der Waals surface area contributed by atoms with Gasteiger partial charge in [0.15, 0.2) is 11.7 Å². The summed E-state index contributed by atoms with van der Waals surface area (Å²) >= 11 is 1.87. The van der Waals surface area contributed by atoms with Gasteiger partial charge in [-0.25, -0.2) is 0 Å². The first kappa shape index (κ1) is 27.6. The number of hydrogen-bond acceptors (Lipinski definition) is 1. The average Bonchev–Trinajstić information content (AvgIpc) is 3.78. The van der Waals surface area contributed by atoms with Gasteiger partial charge in [-0.05, 0) is 87.5 Å². The van der Waals surface area contributed by atoms with Crippen molar-refractivity contribution >= 4 is 38.7 Å². The lowest BCUT2D eigenvalue weighted by Gasteiger charge is -2.34. The molecular weight excluding hydrogens is 577 g/mol. The first-order valence-electron chi connectivity index (χ1n) is 16.5. The van der Waals surface area contributed by atoms with Gasteiger partial charge < -0.3 is 4.98 Å². The predicted octanol–water partition coefficient (Wildman–Crippen LogP) is 11.5. The number of nitrogens with zero attached hydrogens (tertiary/aromatic N) is 1. The Morgan fingerprint density at radius 1 is 0.652 bits per heavy atom. The fraction of sp³-hybridized carbons (Fsp3) is 0.186. The Morgan fingerprint density at radius 3 is 2.17 bits per heavy atom. The molecular formula is C43H37N2S+. The van der Waals surface area contributed by atoms with E-state index in [9.17, 15) is 0 Å². The summed E-state index contributed by atoms with van der Waals surface area (Å²) in [6.07, 6.45) is 4.28. The number of H-pyrrole nitrogens is 1. The van der Waals surface area contributed by atoms with E-state index in [1.807, 2.05) is 11.3 Å². The molecule has 0 atom stereocenters. The van der Waals surface area contributed by atoms with Crippen LogP contribution in [0.25, 0.3) is 70.6 Å². The molecule has 9 rings (SSSR count). The summed E-state index contributed by atoms with van der Waals surface area (Å²) in [7, 11) is 0. The van der Waals surface area contributed by atoms with Crippen molar-refractivity contribution in [2.75, 3.05) is 0 Å². The molecule has 1 N–H and O–H groups in total. The van der Waals surface area contributed by atoms with Gasteiger partial charge in [-0.15, -0.1) is 11.3 Å². The highest BCUT2D eigenvalue weighted by molar-refractivity contribution is 7.18. The van der Waals surface area contributed by atoms with E-state index in [4.69, 9.17) is 0 Å². The lowest BCUT2D eigenvalue weighted by Crippen LogP contribution is -2.59. The molecule has 0 saturated heterocycles. The molecule has 4 aromatic carbocycles. The van der Waals surface area contributed by atoms with Crippen LogP contribution in [0.15, 0.2) is 116 Å². The lowest BCUT2D eigenvalue weighted by atomic mass is 9.75. The Morgan fingerprint density at radius 2 is 1.37 bits per heavy atom. The highest BCUT2D eigenvalue weighted by atomic mass is 32.1. The summed E-state index contributed by atoms with van der Waals surface area (Å²) in [6, 6.07) is 38.7. The molecule has 0 spiro atoms. The van der Waals surface area contributed by atoms with Gasteiger partial charge in [-0.2, -0.15) is 4.57 Å². The Kier molecular flexibility index (Phi) is 5.78. The number of aromatic amines is 1. The maximum Gasteiger partial charge on any atom is 0.213 e. The maximum atomic E-state index is 4.65. The van der Waals surface area contributed by atoms with E-state index in [1.54, 1.807) is 0 Å². The van der Waals surface area contributed by atoms with Crippen molar-refractivity contribution < 1.29 is 4.57 Å². The minimum absolute atomic E-state index is 0.00421. The van der Waals surface area contributed by atoms with Crippen molar-refractivity contribution in [2.45, 2.75) is 51.5 Å². The number of allylic oxidation sites excluding steroid dienone is 1. The number of rotatable bonds is 4. The molecule has 0 fully saturated rings. The zero-order valence-electron chi connectivity index (χ0n) is 26.9. The van der Waals surface area contributed by atoms with Crippen molar-refractivity contribution in [3.63, 3.8) is 0 Å². The van der Waals surface area contributed by atoms with Crippen LogP contribution in [0.2, 0.25) is 0 Å². The molecule has 1 aliphatic heterocycles. The third kappa shape index (κ3) is 3.61. The quantitative estimate of drug-likeness (QED) is 0.191. The zero-order chi connectivity index (χ0) is 31.4. The molecule has 0 radical (unpaired) electrons. The molecule has 4 heterocycles. The summed E-state index contributed by atoms with van der Waals surface area (Å²) in [5.41, 5.74) is 15.4. The van der Waals surface area contributed by atoms with Gasteiger partial charge in [0, 0.05) is 67.5 Å². The number of fused-ring (bicyclic) bond motifs is 9. The van der Waals surface area contributed by atoms with Gasteiger partial charge in [-0.3, -0.25) is 0 Å². The van der Waals surface area contributed by atoms with Crippen molar-refractivity contribution in [1.82, 2.24) is 4.98 Å². The van der Waals surface area contributed by atoms with E-state index >= 15 is 0 Å². The molecule has 46 heavy (non-hydrogen) atoms. The third-order valence-electron chi connectivity index (χ3n) is 11.1. The zero-order valence-corrected chi connectivity index (χ0v) is 27.7. The van der Waals surface area contributed by atoms with Crippen LogP contribution in [0.5, 0.6) is 0 Å². The van der Waals surface area contributed by atoms with E-state index in [2.05, 4.69) is 153 Å². The van der Waals surface area contributed by atoms with Crippen LogP contribution in [-0.2, 0) is 11.0 Å². The van der Waals surface area contributed by atoms with E-state index in [0.717, 1.165) is 12.8 Å². The van der Waals surface area contributed by atoms with Gasteiger partial charge in [0.2, 0.25) is 5.69 Å². The number of hydrogen-bond donors (Lipinski definition) is 1. The van der Waals surface area contributed by atoms with Crippen LogP contribution in [0, 0.1) is 0 Å².